The van der Waals surface area contributed by atoms with Crippen molar-refractivity contribution in [2.24, 2.45) is 11.8 Å². The minimum Gasteiger partial charge on any atom is -0.394 e. The van der Waals surface area contributed by atoms with Gasteiger partial charge in [0.2, 0.25) is 0 Å². The highest BCUT2D eigenvalue weighted by Crippen LogP contribution is 2.40. The van der Waals surface area contributed by atoms with E-state index in [2.05, 4.69) is 17.1 Å². The summed E-state index contributed by atoms with van der Waals surface area (Å²) in [6.07, 6.45) is 7.95. The summed E-state index contributed by atoms with van der Waals surface area (Å²) < 4.78 is 0. The van der Waals surface area contributed by atoms with Gasteiger partial charge in [0.25, 0.3) is 0 Å². The third-order valence-electron chi connectivity index (χ3n) is 5.16. The summed E-state index contributed by atoms with van der Waals surface area (Å²) in [4.78, 5) is 2.58. The lowest BCUT2D eigenvalue weighted by Crippen LogP contribution is -2.56. The number of likely N-dealkylation sites (tertiary alicyclic amines) is 1. The van der Waals surface area contributed by atoms with Gasteiger partial charge in [-0.3, -0.25) is 0 Å². The number of hydrogen-bond acceptors (Lipinski definition) is 3. The van der Waals surface area contributed by atoms with Crippen LogP contribution in [0.3, 0.4) is 0 Å². The van der Waals surface area contributed by atoms with Gasteiger partial charge >= 0.3 is 0 Å². The van der Waals surface area contributed by atoms with Crippen LogP contribution in [0.1, 0.15) is 45.4 Å². The minimum atomic E-state index is -0.0357. The maximum absolute atomic E-state index is 9.80. The summed E-state index contributed by atoms with van der Waals surface area (Å²) >= 11 is 0. The normalized spacial score (nSPS) is 29.8. The molecule has 1 saturated heterocycles. The van der Waals surface area contributed by atoms with Gasteiger partial charge < -0.3 is 15.3 Å². The Bertz CT molecular complexity index is 249. The van der Waals surface area contributed by atoms with Crippen molar-refractivity contribution in [3.63, 3.8) is 0 Å². The molecule has 2 atom stereocenters. The van der Waals surface area contributed by atoms with Crippen LogP contribution in [0.4, 0.5) is 0 Å². The molecule has 1 aliphatic carbocycles. The predicted molar refractivity (Wildman–Crippen MR) is 75.7 cm³/mol. The van der Waals surface area contributed by atoms with Crippen molar-refractivity contribution in [1.29, 1.82) is 0 Å². The van der Waals surface area contributed by atoms with Gasteiger partial charge in [-0.1, -0.05) is 13.3 Å². The largest absolute Gasteiger partial charge is 0.394 e. The molecule has 2 aliphatic rings. The fraction of sp³-hybridized carbons (Fsp3) is 1.00. The van der Waals surface area contributed by atoms with Crippen LogP contribution in [-0.4, -0.2) is 48.8 Å². The summed E-state index contributed by atoms with van der Waals surface area (Å²) in [6.45, 7) is 6.06. The number of aliphatic hydroxyl groups excluding tert-OH is 1. The molecule has 0 aromatic heterocycles. The Morgan fingerprint density at radius 3 is 2.56 bits per heavy atom. The Morgan fingerprint density at radius 2 is 2.00 bits per heavy atom. The van der Waals surface area contributed by atoms with Crippen molar-refractivity contribution in [3.05, 3.63) is 0 Å². The second-order valence-electron chi connectivity index (χ2n) is 6.32. The lowest BCUT2D eigenvalue weighted by molar-refractivity contribution is 0.0976. The van der Waals surface area contributed by atoms with E-state index in [0.29, 0.717) is 5.92 Å². The number of aliphatic hydroxyl groups is 1. The second-order valence-corrected chi connectivity index (χ2v) is 6.32. The first-order valence-electron chi connectivity index (χ1n) is 7.76. The van der Waals surface area contributed by atoms with E-state index in [1.165, 1.54) is 51.6 Å². The quantitative estimate of drug-likeness (QED) is 0.759. The third-order valence-corrected chi connectivity index (χ3v) is 5.16. The molecule has 3 heteroatoms. The summed E-state index contributed by atoms with van der Waals surface area (Å²) in [7, 11) is 2.02. The number of rotatable bonds is 6. The highest BCUT2D eigenvalue weighted by Gasteiger charge is 2.44. The van der Waals surface area contributed by atoms with E-state index in [1.807, 2.05) is 7.05 Å². The first-order valence-corrected chi connectivity index (χ1v) is 7.76. The Hall–Kier alpha value is -0.120. The molecule has 0 radical (unpaired) electrons. The van der Waals surface area contributed by atoms with E-state index in [1.54, 1.807) is 0 Å². The van der Waals surface area contributed by atoms with Gasteiger partial charge in [0.15, 0.2) is 0 Å². The van der Waals surface area contributed by atoms with Gasteiger partial charge in [-0.2, -0.15) is 0 Å². The number of hydrogen-bond donors (Lipinski definition) is 2. The third kappa shape index (κ3) is 3.25. The highest BCUT2D eigenvalue weighted by atomic mass is 16.3. The van der Waals surface area contributed by atoms with E-state index < -0.39 is 0 Å². The van der Waals surface area contributed by atoms with Crippen molar-refractivity contribution >= 4 is 0 Å². The van der Waals surface area contributed by atoms with Crippen LogP contribution in [0.15, 0.2) is 0 Å². The lowest BCUT2D eigenvalue weighted by Gasteiger charge is -2.37. The monoisotopic (exact) mass is 254 g/mol. The van der Waals surface area contributed by atoms with E-state index >= 15 is 0 Å². The second kappa shape index (κ2) is 6.36. The molecule has 1 aliphatic heterocycles. The lowest BCUT2D eigenvalue weighted by atomic mass is 9.93. The zero-order valence-corrected chi connectivity index (χ0v) is 12.1. The zero-order chi connectivity index (χ0) is 13.0. The van der Waals surface area contributed by atoms with E-state index in [-0.39, 0.29) is 12.1 Å². The first-order chi connectivity index (χ1) is 8.74. The zero-order valence-electron chi connectivity index (χ0n) is 12.1. The maximum atomic E-state index is 9.80. The molecule has 0 spiro atoms. The molecule has 0 aromatic carbocycles. The molecule has 0 aromatic rings. The molecular formula is C15H30N2O. The summed E-state index contributed by atoms with van der Waals surface area (Å²) in [5.74, 6) is 1.62. The molecule has 1 heterocycles. The Morgan fingerprint density at radius 1 is 1.22 bits per heavy atom. The molecule has 2 fully saturated rings. The molecule has 2 rings (SSSR count). The summed E-state index contributed by atoms with van der Waals surface area (Å²) in [6, 6.07) is 0. The van der Waals surface area contributed by atoms with Crippen molar-refractivity contribution in [2.45, 2.75) is 51.0 Å². The standard InChI is InChI=1S/C15H30N2O/c1-3-13-5-4-9-17(10-8-13)11-15(12-18,16-2)14-6-7-14/h13-14,16,18H,3-12H2,1-2H3. The topological polar surface area (TPSA) is 35.5 Å². The Labute approximate surface area is 112 Å². The fourth-order valence-electron chi connectivity index (χ4n) is 3.50. The molecule has 18 heavy (non-hydrogen) atoms. The molecule has 2 unspecified atom stereocenters. The van der Waals surface area contributed by atoms with Crippen LogP contribution in [-0.2, 0) is 0 Å². The molecule has 1 saturated carbocycles. The SMILES string of the molecule is CCC1CCCN(CC(CO)(NC)C2CC2)CC1. The average molecular weight is 254 g/mol. The average Bonchev–Trinajstić information content (AvgIpc) is 3.23. The van der Waals surface area contributed by atoms with Crippen LogP contribution in [0.2, 0.25) is 0 Å². The number of nitrogens with zero attached hydrogens (tertiary/aromatic N) is 1. The molecule has 2 N–H and O–H groups in total. The smallest absolute Gasteiger partial charge is 0.0628 e. The minimum absolute atomic E-state index is 0.0357. The first kappa shape index (κ1) is 14.3. The van der Waals surface area contributed by atoms with Gasteiger partial charge in [0, 0.05) is 6.54 Å². The van der Waals surface area contributed by atoms with Crippen LogP contribution in [0, 0.1) is 11.8 Å². The number of nitrogens with one attached hydrogen (secondary N) is 1. The van der Waals surface area contributed by atoms with Gasteiger partial charge in [-0.05, 0) is 64.1 Å². The number of likely N-dealkylation sites (N-methyl/N-ethyl adjacent to an activating group) is 1. The van der Waals surface area contributed by atoms with Gasteiger partial charge in [-0.25, -0.2) is 0 Å². The Balaban J connectivity index is 1.90. The van der Waals surface area contributed by atoms with Crippen LogP contribution >= 0.6 is 0 Å². The van der Waals surface area contributed by atoms with Crippen LogP contribution in [0.5, 0.6) is 0 Å². The van der Waals surface area contributed by atoms with E-state index in [4.69, 9.17) is 0 Å². The van der Waals surface area contributed by atoms with E-state index in [9.17, 15) is 5.11 Å². The van der Waals surface area contributed by atoms with Crippen molar-refractivity contribution in [2.75, 3.05) is 33.3 Å². The van der Waals surface area contributed by atoms with E-state index in [0.717, 1.165) is 12.5 Å². The maximum Gasteiger partial charge on any atom is 0.0628 e. The molecule has 106 valence electrons. The summed E-state index contributed by atoms with van der Waals surface area (Å²) in [5.41, 5.74) is -0.0357. The molecule has 0 bridgehead atoms. The molecule has 3 nitrogen and oxygen atoms in total. The highest BCUT2D eigenvalue weighted by molar-refractivity contribution is 5.02. The van der Waals surface area contributed by atoms with Gasteiger partial charge in [-0.15, -0.1) is 0 Å². The molecule has 0 amide bonds. The predicted octanol–water partition coefficient (Wildman–Crippen LogP) is 1.86. The van der Waals surface area contributed by atoms with Crippen molar-refractivity contribution in [1.82, 2.24) is 10.2 Å². The fourth-order valence-corrected chi connectivity index (χ4v) is 3.50. The van der Waals surface area contributed by atoms with Gasteiger partial charge in [0.1, 0.15) is 0 Å². The van der Waals surface area contributed by atoms with Crippen LogP contribution < -0.4 is 5.32 Å². The Kier molecular flexibility index (Phi) is 5.05. The molecular weight excluding hydrogens is 224 g/mol. The van der Waals surface area contributed by atoms with Crippen molar-refractivity contribution in [3.8, 4) is 0 Å². The van der Waals surface area contributed by atoms with Crippen LogP contribution in [0.25, 0.3) is 0 Å². The van der Waals surface area contributed by atoms with Gasteiger partial charge in [0.05, 0.1) is 12.1 Å². The van der Waals surface area contributed by atoms with Crippen molar-refractivity contribution < 1.29 is 5.11 Å². The summed E-state index contributed by atoms with van der Waals surface area (Å²) in [5, 5.41) is 13.2.